The van der Waals surface area contributed by atoms with Crippen LogP contribution in [0, 0.1) is 0 Å². The molecule has 0 radical (unpaired) electrons. The molecular weight excluding hydrogens is 218 g/mol. The number of piperidine rings is 1. The van der Waals surface area contributed by atoms with Gasteiger partial charge in [-0.3, -0.25) is 9.59 Å². The standard InChI is InChI=1S/C12H23N3O2/c1-8-6-4-5-7-15(8)12(17)10(3)14-11(16)9(2)13/h8-10H,4-7,13H2,1-3H3,(H,14,16)/t8?,9-,10?/m1/s1. The molecule has 1 aliphatic heterocycles. The van der Waals surface area contributed by atoms with Crippen molar-refractivity contribution in [2.75, 3.05) is 6.54 Å². The summed E-state index contributed by atoms with van der Waals surface area (Å²) in [6.45, 7) is 6.16. The highest BCUT2D eigenvalue weighted by Gasteiger charge is 2.28. The van der Waals surface area contributed by atoms with Crippen molar-refractivity contribution in [3.05, 3.63) is 0 Å². The van der Waals surface area contributed by atoms with Gasteiger partial charge in [0, 0.05) is 12.6 Å². The van der Waals surface area contributed by atoms with E-state index >= 15 is 0 Å². The number of hydrogen-bond donors (Lipinski definition) is 2. The minimum Gasteiger partial charge on any atom is -0.343 e. The number of nitrogens with one attached hydrogen (secondary N) is 1. The van der Waals surface area contributed by atoms with Gasteiger partial charge in [0.1, 0.15) is 6.04 Å². The quantitative estimate of drug-likeness (QED) is 0.743. The maximum absolute atomic E-state index is 12.1. The zero-order valence-corrected chi connectivity index (χ0v) is 10.9. The van der Waals surface area contributed by atoms with E-state index in [1.165, 1.54) is 6.42 Å². The summed E-state index contributed by atoms with van der Waals surface area (Å²) in [7, 11) is 0. The monoisotopic (exact) mass is 241 g/mol. The Morgan fingerprint density at radius 3 is 2.53 bits per heavy atom. The molecule has 2 unspecified atom stereocenters. The Morgan fingerprint density at radius 1 is 1.35 bits per heavy atom. The molecule has 0 saturated carbocycles. The van der Waals surface area contributed by atoms with Crippen LogP contribution < -0.4 is 11.1 Å². The second kappa shape index (κ2) is 6.00. The number of carbonyl (C=O) groups excluding carboxylic acids is 2. The lowest BCUT2D eigenvalue weighted by Crippen LogP contribution is -2.53. The minimum atomic E-state index is -0.580. The van der Waals surface area contributed by atoms with E-state index in [2.05, 4.69) is 12.2 Å². The lowest BCUT2D eigenvalue weighted by Gasteiger charge is -2.35. The molecule has 1 aliphatic rings. The van der Waals surface area contributed by atoms with Gasteiger partial charge in [-0.1, -0.05) is 0 Å². The Labute approximate surface area is 103 Å². The van der Waals surface area contributed by atoms with Crippen LogP contribution in [-0.4, -0.2) is 41.4 Å². The summed E-state index contributed by atoms with van der Waals surface area (Å²) >= 11 is 0. The number of nitrogens with zero attached hydrogens (tertiary/aromatic N) is 1. The van der Waals surface area contributed by atoms with Crippen LogP contribution in [0.4, 0.5) is 0 Å². The number of likely N-dealkylation sites (tertiary alicyclic amines) is 1. The van der Waals surface area contributed by atoms with E-state index in [0.29, 0.717) is 0 Å². The van der Waals surface area contributed by atoms with Gasteiger partial charge in [0.25, 0.3) is 0 Å². The van der Waals surface area contributed by atoms with E-state index < -0.39 is 12.1 Å². The lowest BCUT2D eigenvalue weighted by atomic mass is 10.0. The van der Waals surface area contributed by atoms with Gasteiger partial charge in [-0.25, -0.2) is 0 Å². The molecule has 1 heterocycles. The molecule has 0 spiro atoms. The number of hydrogen-bond acceptors (Lipinski definition) is 3. The largest absolute Gasteiger partial charge is 0.343 e. The fourth-order valence-electron chi connectivity index (χ4n) is 2.08. The average molecular weight is 241 g/mol. The molecule has 2 amide bonds. The fourth-order valence-corrected chi connectivity index (χ4v) is 2.08. The normalized spacial score (nSPS) is 24.0. The Bertz CT molecular complexity index is 291. The van der Waals surface area contributed by atoms with Crippen molar-refractivity contribution in [1.82, 2.24) is 10.2 Å². The van der Waals surface area contributed by atoms with Gasteiger partial charge in [-0.15, -0.1) is 0 Å². The van der Waals surface area contributed by atoms with Crippen LogP contribution in [0.3, 0.4) is 0 Å². The Morgan fingerprint density at radius 2 is 2.00 bits per heavy atom. The molecule has 17 heavy (non-hydrogen) atoms. The smallest absolute Gasteiger partial charge is 0.245 e. The van der Waals surface area contributed by atoms with Gasteiger partial charge in [0.05, 0.1) is 6.04 Å². The summed E-state index contributed by atoms with van der Waals surface area (Å²) in [5.41, 5.74) is 5.45. The fraction of sp³-hybridized carbons (Fsp3) is 0.833. The second-order valence-corrected chi connectivity index (χ2v) is 4.90. The lowest BCUT2D eigenvalue weighted by molar-refractivity contribution is -0.138. The van der Waals surface area contributed by atoms with E-state index in [9.17, 15) is 9.59 Å². The van der Waals surface area contributed by atoms with Gasteiger partial charge in [0.2, 0.25) is 11.8 Å². The number of rotatable bonds is 3. The van der Waals surface area contributed by atoms with Crippen molar-refractivity contribution >= 4 is 11.8 Å². The van der Waals surface area contributed by atoms with E-state index in [1.807, 2.05) is 4.90 Å². The molecule has 5 heteroatoms. The Hall–Kier alpha value is -1.10. The highest BCUT2D eigenvalue weighted by atomic mass is 16.2. The third kappa shape index (κ3) is 3.70. The topological polar surface area (TPSA) is 75.4 Å². The van der Waals surface area contributed by atoms with Crippen molar-refractivity contribution < 1.29 is 9.59 Å². The summed E-state index contributed by atoms with van der Waals surface area (Å²) < 4.78 is 0. The predicted molar refractivity (Wildman–Crippen MR) is 66.3 cm³/mol. The van der Waals surface area contributed by atoms with Crippen LogP contribution in [0.1, 0.15) is 40.0 Å². The van der Waals surface area contributed by atoms with Crippen molar-refractivity contribution in [3.8, 4) is 0 Å². The van der Waals surface area contributed by atoms with Crippen molar-refractivity contribution in [3.63, 3.8) is 0 Å². The van der Waals surface area contributed by atoms with Crippen molar-refractivity contribution in [1.29, 1.82) is 0 Å². The molecule has 1 rings (SSSR count). The van der Waals surface area contributed by atoms with E-state index in [4.69, 9.17) is 5.73 Å². The Balaban J connectivity index is 2.53. The first-order valence-corrected chi connectivity index (χ1v) is 6.30. The van der Waals surface area contributed by atoms with Crippen LogP contribution in [-0.2, 0) is 9.59 Å². The predicted octanol–water partition coefficient (Wildman–Crippen LogP) is 0.239. The maximum atomic E-state index is 12.1. The molecule has 3 atom stereocenters. The van der Waals surface area contributed by atoms with Gasteiger partial charge < -0.3 is 16.0 Å². The number of amides is 2. The highest BCUT2D eigenvalue weighted by Crippen LogP contribution is 2.17. The minimum absolute atomic E-state index is 0.00815. The average Bonchev–Trinajstić information content (AvgIpc) is 2.28. The van der Waals surface area contributed by atoms with Gasteiger partial charge >= 0.3 is 0 Å². The summed E-state index contributed by atoms with van der Waals surface area (Å²) in [5.74, 6) is -0.290. The molecule has 0 aromatic heterocycles. The maximum Gasteiger partial charge on any atom is 0.245 e. The molecule has 0 bridgehead atoms. The molecule has 0 aliphatic carbocycles. The van der Waals surface area contributed by atoms with Crippen LogP contribution >= 0.6 is 0 Å². The molecule has 98 valence electrons. The number of carbonyl (C=O) groups is 2. The molecule has 1 fully saturated rings. The first-order chi connectivity index (χ1) is 7.93. The van der Waals surface area contributed by atoms with E-state index in [0.717, 1.165) is 19.4 Å². The van der Waals surface area contributed by atoms with Crippen LogP contribution in [0.5, 0.6) is 0 Å². The zero-order valence-electron chi connectivity index (χ0n) is 10.9. The summed E-state index contributed by atoms with van der Waals surface area (Å²) in [5, 5.41) is 2.64. The molecule has 5 nitrogen and oxygen atoms in total. The second-order valence-electron chi connectivity index (χ2n) is 4.90. The van der Waals surface area contributed by atoms with E-state index in [-0.39, 0.29) is 17.9 Å². The molecule has 3 N–H and O–H groups in total. The van der Waals surface area contributed by atoms with Gasteiger partial charge in [-0.2, -0.15) is 0 Å². The summed E-state index contributed by atoms with van der Waals surface area (Å²) in [6.07, 6.45) is 3.26. The van der Waals surface area contributed by atoms with E-state index in [1.54, 1.807) is 13.8 Å². The third-order valence-electron chi connectivity index (χ3n) is 3.23. The van der Waals surface area contributed by atoms with Crippen LogP contribution in [0.2, 0.25) is 0 Å². The first kappa shape index (κ1) is 14.0. The first-order valence-electron chi connectivity index (χ1n) is 6.30. The highest BCUT2D eigenvalue weighted by molar-refractivity contribution is 5.89. The van der Waals surface area contributed by atoms with Gasteiger partial charge in [0.15, 0.2) is 0 Å². The summed E-state index contributed by atoms with van der Waals surface area (Å²) in [6, 6.07) is -0.802. The van der Waals surface area contributed by atoms with Crippen molar-refractivity contribution in [2.24, 2.45) is 5.73 Å². The third-order valence-corrected chi connectivity index (χ3v) is 3.23. The van der Waals surface area contributed by atoms with Crippen LogP contribution in [0.25, 0.3) is 0 Å². The number of nitrogens with two attached hydrogens (primary N) is 1. The molecule has 0 aromatic rings. The molecule has 0 aromatic carbocycles. The molecule has 1 saturated heterocycles. The van der Waals surface area contributed by atoms with Crippen molar-refractivity contribution in [2.45, 2.75) is 58.2 Å². The van der Waals surface area contributed by atoms with Crippen LogP contribution in [0.15, 0.2) is 0 Å². The zero-order chi connectivity index (χ0) is 13.0. The SMILES string of the molecule is CC(NC(=O)[C@@H](C)N)C(=O)N1CCCCC1C. The Kier molecular flexibility index (Phi) is 4.93. The van der Waals surface area contributed by atoms with Gasteiger partial charge in [-0.05, 0) is 40.0 Å². The molecular formula is C12H23N3O2. The summed E-state index contributed by atoms with van der Waals surface area (Å²) in [4.78, 5) is 25.4.